The molecule has 0 aliphatic heterocycles. The Hall–Kier alpha value is -1.02. The maximum atomic E-state index is 9.32. The normalized spacial score (nSPS) is 21.2. The molecule has 3 N–H and O–H groups in total. The van der Waals surface area contributed by atoms with Gasteiger partial charge in [0.15, 0.2) is 0 Å². The summed E-state index contributed by atoms with van der Waals surface area (Å²) in [6.45, 7) is 0.759. The Morgan fingerprint density at radius 2 is 2.23 bits per heavy atom. The van der Waals surface area contributed by atoms with E-state index in [4.69, 9.17) is 5.73 Å². The van der Waals surface area contributed by atoms with Gasteiger partial charge in [-0.05, 0) is 55.0 Å². The van der Waals surface area contributed by atoms with Gasteiger partial charge >= 0.3 is 0 Å². The van der Waals surface area contributed by atoms with Crippen LogP contribution in [0.1, 0.15) is 17.5 Å². The highest BCUT2D eigenvalue weighted by molar-refractivity contribution is 5.36. The number of benzene rings is 1. The highest BCUT2D eigenvalue weighted by Crippen LogP contribution is 2.27. The maximum absolute atomic E-state index is 9.32. The Morgan fingerprint density at radius 1 is 1.38 bits per heavy atom. The van der Waals surface area contributed by atoms with Crippen molar-refractivity contribution in [1.29, 1.82) is 0 Å². The summed E-state index contributed by atoms with van der Waals surface area (Å²) >= 11 is 0. The van der Waals surface area contributed by atoms with Crippen LogP contribution in [0.5, 0.6) is 5.75 Å². The molecule has 0 saturated heterocycles. The molecule has 0 amide bonds. The zero-order chi connectivity index (χ0) is 9.26. The fourth-order valence-electron chi connectivity index (χ4n) is 2.02. The molecule has 0 fully saturated rings. The summed E-state index contributed by atoms with van der Waals surface area (Å²) in [6.07, 6.45) is 3.33. The van der Waals surface area contributed by atoms with Crippen molar-refractivity contribution in [1.82, 2.24) is 0 Å². The minimum atomic E-state index is 0.372. The van der Waals surface area contributed by atoms with E-state index in [1.165, 1.54) is 17.5 Å². The van der Waals surface area contributed by atoms with Gasteiger partial charge in [-0.25, -0.2) is 0 Å². The summed E-state index contributed by atoms with van der Waals surface area (Å²) in [4.78, 5) is 0. The number of hydrogen-bond donors (Lipinski definition) is 2. The molecule has 1 unspecified atom stereocenters. The largest absolute Gasteiger partial charge is 0.508 e. The van der Waals surface area contributed by atoms with E-state index in [1.807, 2.05) is 12.1 Å². The standard InChI is InChI=1S/C11H15NO/c12-7-8-1-2-9-3-4-11(13)6-10(9)5-8/h3-4,6,8,13H,1-2,5,7,12H2. The lowest BCUT2D eigenvalue weighted by molar-refractivity contribution is 0.455. The summed E-state index contributed by atoms with van der Waals surface area (Å²) in [6, 6.07) is 5.66. The fourth-order valence-corrected chi connectivity index (χ4v) is 2.02. The van der Waals surface area contributed by atoms with Crippen LogP contribution in [0.2, 0.25) is 0 Å². The molecule has 70 valence electrons. The predicted molar refractivity (Wildman–Crippen MR) is 52.7 cm³/mol. The van der Waals surface area contributed by atoms with Gasteiger partial charge in [-0.3, -0.25) is 0 Å². The van der Waals surface area contributed by atoms with Crippen LogP contribution < -0.4 is 5.73 Å². The molecular formula is C11H15NO. The second-order valence-electron chi connectivity index (χ2n) is 3.80. The third kappa shape index (κ3) is 1.68. The van der Waals surface area contributed by atoms with Crippen LogP contribution in [-0.4, -0.2) is 11.7 Å². The summed E-state index contributed by atoms with van der Waals surface area (Å²) in [7, 11) is 0. The Morgan fingerprint density at radius 3 is 3.00 bits per heavy atom. The number of phenols is 1. The van der Waals surface area contributed by atoms with Crippen molar-refractivity contribution < 1.29 is 5.11 Å². The van der Waals surface area contributed by atoms with Gasteiger partial charge in [0.05, 0.1) is 0 Å². The molecule has 2 heteroatoms. The monoisotopic (exact) mass is 177 g/mol. The van der Waals surface area contributed by atoms with Gasteiger partial charge in [0, 0.05) is 0 Å². The van der Waals surface area contributed by atoms with E-state index in [0.29, 0.717) is 11.7 Å². The van der Waals surface area contributed by atoms with Crippen LogP contribution in [0, 0.1) is 5.92 Å². The molecule has 1 aliphatic carbocycles. The van der Waals surface area contributed by atoms with E-state index in [1.54, 1.807) is 6.07 Å². The fraction of sp³-hybridized carbons (Fsp3) is 0.455. The Balaban J connectivity index is 2.27. The van der Waals surface area contributed by atoms with Gasteiger partial charge in [-0.1, -0.05) is 6.07 Å². The molecule has 2 nitrogen and oxygen atoms in total. The summed E-state index contributed by atoms with van der Waals surface area (Å²) in [5, 5.41) is 9.32. The van der Waals surface area contributed by atoms with Crippen LogP contribution in [0.25, 0.3) is 0 Å². The zero-order valence-electron chi connectivity index (χ0n) is 7.66. The van der Waals surface area contributed by atoms with Crippen molar-refractivity contribution in [3.8, 4) is 5.75 Å². The van der Waals surface area contributed by atoms with Gasteiger partial charge in [-0.2, -0.15) is 0 Å². The second kappa shape index (κ2) is 3.38. The van der Waals surface area contributed by atoms with Crippen molar-refractivity contribution in [2.45, 2.75) is 19.3 Å². The Labute approximate surface area is 78.4 Å². The molecule has 0 saturated carbocycles. The van der Waals surface area contributed by atoms with E-state index in [2.05, 4.69) is 0 Å². The molecular weight excluding hydrogens is 162 g/mol. The molecule has 1 atom stereocenters. The second-order valence-corrected chi connectivity index (χ2v) is 3.80. The third-order valence-corrected chi connectivity index (χ3v) is 2.85. The molecule has 0 radical (unpaired) electrons. The minimum Gasteiger partial charge on any atom is -0.508 e. The van der Waals surface area contributed by atoms with Crippen LogP contribution in [0.3, 0.4) is 0 Å². The summed E-state index contributed by atoms with van der Waals surface area (Å²) in [5.41, 5.74) is 8.29. The van der Waals surface area contributed by atoms with E-state index in [9.17, 15) is 5.11 Å². The molecule has 13 heavy (non-hydrogen) atoms. The zero-order valence-corrected chi connectivity index (χ0v) is 7.66. The number of hydrogen-bond acceptors (Lipinski definition) is 2. The predicted octanol–water partition coefficient (Wildman–Crippen LogP) is 1.46. The molecule has 0 spiro atoms. The molecule has 1 aromatic carbocycles. The van der Waals surface area contributed by atoms with Crippen LogP contribution in [-0.2, 0) is 12.8 Å². The van der Waals surface area contributed by atoms with Crippen LogP contribution in [0.15, 0.2) is 18.2 Å². The van der Waals surface area contributed by atoms with Gasteiger partial charge < -0.3 is 10.8 Å². The molecule has 2 rings (SSSR count). The SMILES string of the molecule is NCC1CCc2ccc(O)cc2C1. The van der Waals surface area contributed by atoms with Gasteiger partial charge in [0.1, 0.15) is 5.75 Å². The first kappa shape index (κ1) is 8.57. The van der Waals surface area contributed by atoms with Gasteiger partial charge in [0.2, 0.25) is 0 Å². The van der Waals surface area contributed by atoms with Crippen molar-refractivity contribution in [3.63, 3.8) is 0 Å². The van der Waals surface area contributed by atoms with Crippen molar-refractivity contribution >= 4 is 0 Å². The van der Waals surface area contributed by atoms with Gasteiger partial charge in [0.25, 0.3) is 0 Å². The first-order valence-electron chi connectivity index (χ1n) is 4.80. The smallest absolute Gasteiger partial charge is 0.115 e. The van der Waals surface area contributed by atoms with Crippen LogP contribution in [0.4, 0.5) is 0 Å². The van der Waals surface area contributed by atoms with E-state index in [-0.39, 0.29) is 0 Å². The van der Waals surface area contributed by atoms with Crippen LogP contribution >= 0.6 is 0 Å². The Bertz CT molecular complexity index is 309. The number of nitrogens with two attached hydrogens (primary N) is 1. The lowest BCUT2D eigenvalue weighted by atomic mass is 9.84. The molecule has 0 aromatic heterocycles. The average Bonchev–Trinajstić information content (AvgIpc) is 2.16. The van der Waals surface area contributed by atoms with E-state index >= 15 is 0 Å². The topological polar surface area (TPSA) is 46.2 Å². The molecule has 1 aliphatic rings. The highest BCUT2D eigenvalue weighted by Gasteiger charge is 2.17. The minimum absolute atomic E-state index is 0.372. The van der Waals surface area contributed by atoms with E-state index < -0.39 is 0 Å². The molecule has 0 heterocycles. The Kier molecular flexibility index (Phi) is 2.23. The van der Waals surface area contributed by atoms with Crippen molar-refractivity contribution in [3.05, 3.63) is 29.3 Å². The van der Waals surface area contributed by atoms with Crippen molar-refractivity contribution in [2.75, 3.05) is 6.54 Å². The molecule has 0 bridgehead atoms. The first-order chi connectivity index (χ1) is 6.29. The van der Waals surface area contributed by atoms with Crippen molar-refractivity contribution in [2.24, 2.45) is 11.7 Å². The number of aryl methyl sites for hydroxylation is 1. The average molecular weight is 177 g/mol. The maximum Gasteiger partial charge on any atom is 0.115 e. The lowest BCUT2D eigenvalue weighted by Crippen LogP contribution is -2.21. The van der Waals surface area contributed by atoms with Gasteiger partial charge in [-0.15, -0.1) is 0 Å². The number of rotatable bonds is 1. The third-order valence-electron chi connectivity index (χ3n) is 2.85. The summed E-state index contributed by atoms with van der Waals surface area (Å²) in [5.74, 6) is 0.978. The number of fused-ring (bicyclic) bond motifs is 1. The summed E-state index contributed by atoms with van der Waals surface area (Å²) < 4.78 is 0. The molecule has 1 aromatic rings. The van der Waals surface area contributed by atoms with E-state index in [0.717, 1.165) is 19.4 Å². The lowest BCUT2D eigenvalue weighted by Gasteiger charge is -2.23. The number of aromatic hydroxyl groups is 1. The number of phenolic OH excluding ortho intramolecular Hbond substituents is 1. The first-order valence-corrected chi connectivity index (χ1v) is 4.80. The highest BCUT2D eigenvalue weighted by atomic mass is 16.3. The quantitative estimate of drug-likeness (QED) is 0.682.